The lowest BCUT2D eigenvalue weighted by Crippen LogP contribution is -2.51. The monoisotopic (exact) mass is 720 g/mol. The number of nitrogens with one attached hydrogen (secondary N) is 1. The Bertz CT molecular complexity index is 2010. The highest BCUT2D eigenvalue weighted by atomic mass is 32.1. The fraction of sp³-hybridized carbons (Fsp3) is 0.515. The minimum absolute atomic E-state index is 0.0162. The van der Waals surface area contributed by atoms with Crippen LogP contribution >= 0.6 is 11.3 Å². The average molecular weight is 721 g/mol. The van der Waals surface area contributed by atoms with E-state index in [-0.39, 0.29) is 68.9 Å². The molecule has 3 N–H and O–H groups in total. The standard InChI is InChI=1S/C33H34F6N8O2S/c1-32(13-46(2)9-8-19(32)27(35)36)14-49-31-44-26-23(29(45-31)47-11-15-4-5-16(12-47)42-15)30(48-3)43-25(24(26)34)22-18(33(37,38)39)6-7-20-21(22)17(10-40)28(41)50-20/h6-7,15-16,19,27,42H,4-5,8-9,11-14,41H2,1-3H3/t15-,16+,19-,32+/m1/s1. The zero-order chi connectivity index (χ0) is 35.7. The van der Waals surface area contributed by atoms with Gasteiger partial charge in [0.25, 0.3) is 0 Å². The van der Waals surface area contributed by atoms with Crippen LogP contribution in [0.3, 0.4) is 0 Å². The maximum Gasteiger partial charge on any atom is 0.417 e. The maximum atomic E-state index is 17.1. The second-order valence-corrected chi connectivity index (χ2v) is 14.7. The van der Waals surface area contributed by atoms with Crippen molar-refractivity contribution in [2.45, 2.75) is 50.9 Å². The van der Waals surface area contributed by atoms with E-state index < -0.39 is 52.1 Å². The molecule has 1 aromatic carbocycles. The Balaban J connectivity index is 1.46. The number of halogens is 6. The van der Waals surface area contributed by atoms with E-state index in [2.05, 4.69) is 20.3 Å². The molecule has 17 heteroatoms. The fourth-order valence-electron chi connectivity index (χ4n) is 7.82. The van der Waals surface area contributed by atoms with Gasteiger partial charge in [-0.1, -0.05) is 6.92 Å². The van der Waals surface area contributed by atoms with Crippen molar-refractivity contribution in [1.82, 2.24) is 25.2 Å². The number of piperazine rings is 1. The van der Waals surface area contributed by atoms with Gasteiger partial charge in [-0.2, -0.15) is 28.4 Å². The van der Waals surface area contributed by atoms with E-state index >= 15 is 4.39 Å². The van der Waals surface area contributed by atoms with Crippen molar-refractivity contribution < 1.29 is 35.8 Å². The molecule has 3 aliphatic rings. The van der Waals surface area contributed by atoms with Crippen molar-refractivity contribution in [1.29, 1.82) is 5.26 Å². The van der Waals surface area contributed by atoms with Crippen LogP contribution in [0.4, 0.5) is 37.2 Å². The van der Waals surface area contributed by atoms with Crippen LogP contribution in [-0.2, 0) is 6.18 Å². The van der Waals surface area contributed by atoms with Gasteiger partial charge in [-0.05, 0) is 45.0 Å². The smallest absolute Gasteiger partial charge is 0.417 e. The molecule has 50 heavy (non-hydrogen) atoms. The van der Waals surface area contributed by atoms with Crippen molar-refractivity contribution in [3.8, 4) is 29.2 Å². The van der Waals surface area contributed by atoms with E-state index in [0.717, 1.165) is 30.2 Å². The third kappa shape index (κ3) is 5.80. The van der Waals surface area contributed by atoms with Crippen LogP contribution < -0.4 is 25.4 Å². The zero-order valence-corrected chi connectivity index (χ0v) is 28.2. The number of alkyl halides is 5. The van der Waals surface area contributed by atoms with Crippen molar-refractivity contribution in [2.75, 3.05) is 57.6 Å². The average Bonchev–Trinajstić information content (AvgIpc) is 3.58. The van der Waals surface area contributed by atoms with Crippen LogP contribution in [-0.4, -0.2) is 85.3 Å². The third-order valence-electron chi connectivity index (χ3n) is 10.1. The van der Waals surface area contributed by atoms with Gasteiger partial charge in [0.2, 0.25) is 12.3 Å². The molecule has 3 aliphatic heterocycles. The number of methoxy groups -OCH3 is 1. The number of rotatable bonds is 7. The summed E-state index contributed by atoms with van der Waals surface area (Å²) < 4.78 is 101. The Kier molecular flexibility index (Phi) is 8.63. The molecule has 0 unspecified atom stereocenters. The molecule has 266 valence electrons. The topological polar surface area (TPSA) is 125 Å². The van der Waals surface area contributed by atoms with Crippen LogP contribution in [0.1, 0.15) is 37.3 Å². The van der Waals surface area contributed by atoms with Crippen LogP contribution in [0.25, 0.3) is 32.2 Å². The highest BCUT2D eigenvalue weighted by Crippen LogP contribution is 2.48. The van der Waals surface area contributed by atoms with Gasteiger partial charge in [0.15, 0.2) is 5.82 Å². The van der Waals surface area contributed by atoms with E-state index in [1.165, 1.54) is 13.2 Å². The summed E-state index contributed by atoms with van der Waals surface area (Å²) in [5.74, 6) is -2.26. The van der Waals surface area contributed by atoms with Crippen molar-refractivity contribution in [3.63, 3.8) is 0 Å². The lowest BCUT2D eigenvalue weighted by atomic mass is 9.73. The molecular weight excluding hydrogens is 686 g/mol. The Morgan fingerprint density at radius 1 is 1.14 bits per heavy atom. The molecule has 7 rings (SSSR count). The summed E-state index contributed by atoms with van der Waals surface area (Å²) in [5, 5.41) is 13.2. The van der Waals surface area contributed by atoms with Crippen LogP contribution in [0.5, 0.6) is 11.9 Å². The van der Waals surface area contributed by atoms with E-state index in [4.69, 9.17) is 15.2 Å². The first-order chi connectivity index (χ1) is 23.7. The Morgan fingerprint density at radius 2 is 1.86 bits per heavy atom. The highest BCUT2D eigenvalue weighted by Gasteiger charge is 2.45. The number of nitrogen functional groups attached to an aromatic ring is 1. The number of pyridine rings is 1. The second kappa shape index (κ2) is 12.6. The predicted molar refractivity (Wildman–Crippen MR) is 176 cm³/mol. The SMILES string of the molecule is COc1nc(-c2c(C(F)(F)F)ccc3sc(N)c(C#N)c23)c(F)c2nc(OC[C@]3(C)CN(C)CC[C@@H]3C(F)F)nc(N3C[C@H]4CC[C@@H](C3)N4)c12. The minimum atomic E-state index is -4.97. The summed E-state index contributed by atoms with van der Waals surface area (Å²) in [6, 6.07) is 3.72. The number of aromatic nitrogens is 3. The number of fused-ring (bicyclic) bond motifs is 4. The first kappa shape index (κ1) is 34.3. The van der Waals surface area contributed by atoms with Gasteiger partial charge in [0.1, 0.15) is 33.5 Å². The molecule has 0 aliphatic carbocycles. The molecule has 10 nitrogen and oxygen atoms in total. The number of nitrogens with two attached hydrogens (primary N) is 1. The molecule has 4 aromatic rings. The molecule has 4 atom stereocenters. The van der Waals surface area contributed by atoms with E-state index in [1.54, 1.807) is 6.92 Å². The number of ether oxygens (including phenoxy) is 2. The Hall–Kier alpha value is -4.14. The number of piperidine rings is 1. The van der Waals surface area contributed by atoms with Crippen LogP contribution in [0.15, 0.2) is 12.1 Å². The summed E-state index contributed by atoms with van der Waals surface area (Å²) in [4.78, 5) is 17.2. The molecule has 3 saturated heterocycles. The number of thiophene rings is 1. The molecule has 2 bridgehead atoms. The number of nitriles is 1. The number of anilines is 2. The quantitative estimate of drug-likeness (QED) is 0.218. The summed E-state index contributed by atoms with van der Waals surface area (Å²) in [5.41, 5.74) is 1.67. The maximum absolute atomic E-state index is 17.1. The fourth-order valence-corrected chi connectivity index (χ4v) is 8.74. The molecule has 0 spiro atoms. The van der Waals surface area contributed by atoms with Crippen molar-refractivity contribution in [2.24, 2.45) is 11.3 Å². The highest BCUT2D eigenvalue weighted by molar-refractivity contribution is 7.23. The summed E-state index contributed by atoms with van der Waals surface area (Å²) >= 11 is 0.894. The van der Waals surface area contributed by atoms with Gasteiger partial charge in [-0.25, -0.2) is 18.2 Å². The number of nitrogens with zero attached hydrogens (tertiary/aromatic N) is 6. The molecule has 3 aromatic heterocycles. The Labute approximate surface area is 287 Å². The van der Waals surface area contributed by atoms with Gasteiger partial charge < -0.3 is 30.3 Å². The van der Waals surface area contributed by atoms with Crippen molar-refractivity contribution >= 4 is 43.1 Å². The summed E-state index contributed by atoms with van der Waals surface area (Å²) in [6.07, 6.45) is -5.53. The van der Waals surface area contributed by atoms with E-state index in [1.807, 2.05) is 22.9 Å². The molecule has 0 saturated carbocycles. The molecule has 0 radical (unpaired) electrons. The number of hydrogen-bond donors (Lipinski definition) is 2. The van der Waals surface area contributed by atoms with Crippen molar-refractivity contribution in [3.05, 3.63) is 29.1 Å². The lowest BCUT2D eigenvalue weighted by Gasteiger charge is -2.44. The van der Waals surface area contributed by atoms with Gasteiger partial charge in [-0.15, -0.1) is 11.3 Å². The van der Waals surface area contributed by atoms with E-state index in [9.17, 15) is 27.2 Å². The van der Waals surface area contributed by atoms with Crippen LogP contribution in [0, 0.1) is 28.5 Å². The lowest BCUT2D eigenvalue weighted by molar-refractivity contribution is -0.137. The largest absolute Gasteiger partial charge is 0.480 e. The number of benzene rings is 1. The van der Waals surface area contributed by atoms with Gasteiger partial charge in [0, 0.05) is 58.7 Å². The Morgan fingerprint density at radius 3 is 2.50 bits per heavy atom. The zero-order valence-electron chi connectivity index (χ0n) is 27.4. The first-order valence-corrected chi connectivity index (χ1v) is 16.9. The molecule has 3 fully saturated rings. The van der Waals surface area contributed by atoms with E-state index in [0.29, 0.717) is 26.2 Å². The molecule has 0 amide bonds. The third-order valence-corrected chi connectivity index (χ3v) is 11.1. The number of hydrogen-bond acceptors (Lipinski definition) is 11. The summed E-state index contributed by atoms with van der Waals surface area (Å²) in [6.45, 7) is 3.21. The van der Waals surface area contributed by atoms with Crippen LogP contribution in [0.2, 0.25) is 0 Å². The first-order valence-electron chi connectivity index (χ1n) is 16.1. The molecular formula is C33H34F6N8O2S. The number of likely N-dealkylation sites (tertiary alicyclic amines) is 1. The molecule has 6 heterocycles. The van der Waals surface area contributed by atoms with Gasteiger partial charge >= 0.3 is 12.2 Å². The minimum Gasteiger partial charge on any atom is -0.480 e. The van der Waals surface area contributed by atoms with Gasteiger partial charge in [-0.3, -0.25) is 0 Å². The second-order valence-electron chi connectivity index (χ2n) is 13.6. The predicted octanol–water partition coefficient (Wildman–Crippen LogP) is 6.07. The van der Waals surface area contributed by atoms with Gasteiger partial charge in [0.05, 0.1) is 24.8 Å². The normalized spacial score (nSPS) is 24.3. The summed E-state index contributed by atoms with van der Waals surface area (Å²) in [7, 11) is 3.08.